The van der Waals surface area contributed by atoms with Gasteiger partial charge in [-0.15, -0.1) is 0 Å². The number of hydrogen-bond donors (Lipinski definition) is 2. The zero-order valence-corrected chi connectivity index (χ0v) is 23.9. The number of methoxy groups -OCH3 is 1. The van der Waals surface area contributed by atoms with Gasteiger partial charge in [-0.1, -0.05) is 23.9 Å². The van der Waals surface area contributed by atoms with Crippen LogP contribution >= 0.6 is 11.8 Å². The van der Waals surface area contributed by atoms with E-state index in [-0.39, 0.29) is 11.3 Å². The van der Waals surface area contributed by atoms with E-state index >= 15 is 0 Å². The Bertz CT molecular complexity index is 1820. The molecule has 0 aliphatic carbocycles. The van der Waals surface area contributed by atoms with Gasteiger partial charge in [-0.25, -0.2) is 10.4 Å². The molecular weight excluding hydrogens is 570 g/mol. The number of aryl methyl sites for hydroxylation is 1. The van der Waals surface area contributed by atoms with Crippen molar-refractivity contribution in [2.75, 3.05) is 12.4 Å². The van der Waals surface area contributed by atoms with Crippen molar-refractivity contribution in [3.8, 4) is 5.75 Å². The molecule has 0 spiro atoms. The fourth-order valence-electron chi connectivity index (χ4n) is 4.18. The number of oxazole rings is 1. The minimum Gasteiger partial charge on any atom is -0.496 e. The molecule has 0 radical (unpaired) electrons. The molecule has 216 valence electrons. The average molecular weight is 596 g/mol. The highest BCUT2D eigenvalue weighted by atomic mass is 32.2. The Morgan fingerprint density at radius 3 is 2.51 bits per heavy atom. The van der Waals surface area contributed by atoms with Crippen LogP contribution in [-0.4, -0.2) is 35.0 Å². The maximum Gasteiger partial charge on any atom is 0.272 e. The van der Waals surface area contributed by atoms with E-state index in [9.17, 15) is 19.7 Å². The van der Waals surface area contributed by atoms with Gasteiger partial charge in [-0.05, 0) is 79.2 Å². The van der Waals surface area contributed by atoms with Gasteiger partial charge in [0.1, 0.15) is 11.3 Å². The molecule has 2 amide bonds. The summed E-state index contributed by atoms with van der Waals surface area (Å²) in [6.45, 7) is 1.57. The summed E-state index contributed by atoms with van der Waals surface area (Å²) >= 11 is 1.45. The van der Waals surface area contributed by atoms with Crippen LogP contribution in [0.2, 0.25) is 0 Å². The number of nitro groups is 1. The van der Waals surface area contributed by atoms with E-state index in [1.165, 1.54) is 36.2 Å². The molecule has 5 rings (SSSR count). The van der Waals surface area contributed by atoms with Crippen molar-refractivity contribution in [1.29, 1.82) is 0 Å². The molecular formula is C31H25N5O6S. The Labute approximate surface area is 250 Å². The quantitative estimate of drug-likeness (QED) is 0.0820. The van der Waals surface area contributed by atoms with Gasteiger partial charge in [-0.3, -0.25) is 19.7 Å². The molecule has 43 heavy (non-hydrogen) atoms. The summed E-state index contributed by atoms with van der Waals surface area (Å²) in [5, 5.41) is 18.4. The van der Waals surface area contributed by atoms with Crippen LogP contribution in [0.1, 0.15) is 37.4 Å². The number of benzene rings is 4. The highest BCUT2D eigenvalue weighted by molar-refractivity contribution is 7.98. The average Bonchev–Trinajstić information content (AvgIpc) is 3.43. The van der Waals surface area contributed by atoms with E-state index in [2.05, 4.69) is 20.8 Å². The summed E-state index contributed by atoms with van der Waals surface area (Å²) in [4.78, 5) is 40.2. The number of amides is 2. The van der Waals surface area contributed by atoms with E-state index in [4.69, 9.17) is 9.15 Å². The molecule has 12 heteroatoms. The summed E-state index contributed by atoms with van der Waals surface area (Å²) in [5.41, 5.74) is 7.10. The van der Waals surface area contributed by atoms with E-state index in [1.54, 1.807) is 38.3 Å². The second-order valence-electron chi connectivity index (χ2n) is 9.30. The number of aromatic nitrogens is 1. The van der Waals surface area contributed by atoms with Gasteiger partial charge in [0.2, 0.25) is 0 Å². The Kier molecular flexibility index (Phi) is 8.77. The van der Waals surface area contributed by atoms with Crippen LogP contribution in [0.4, 0.5) is 11.4 Å². The molecule has 0 aliphatic rings. The molecule has 0 atom stereocenters. The third kappa shape index (κ3) is 7.05. The number of ether oxygens (including phenoxy) is 1. The number of hydrazone groups is 1. The molecule has 1 aromatic heterocycles. The first kappa shape index (κ1) is 29.0. The third-order valence-corrected chi connectivity index (χ3v) is 7.25. The molecule has 0 saturated carbocycles. The Morgan fingerprint density at radius 1 is 1.02 bits per heavy atom. The van der Waals surface area contributed by atoms with E-state index in [0.29, 0.717) is 33.5 Å². The first-order chi connectivity index (χ1) is 20.8. The monoisotopic (exact) mass is 595 g/mol. The van der Waals surface area contributed by atoms with Crippen LogP contribution in [0, 0.1) is 17.0 Å². The Balaban J connectivity index is 1.17. The van der Waals surface area contributed by atoms with Crippen molar-refractivity contribution in [2.45, 2.75) is 17.9 Å². The summed E-state index contributed by atoms with van der Waals surface area (Å²) < 4.78 is 11.3. The van der Waals surface area contributed by atoms with Crippen molar-refractivity contribution in [3.05, 3.63) is 123 Å². The number of carbonyl (C=O) groups is 2. The number of thioether (sulfide) groups is 1. The molecule has 0 saturated heterocycles. The summed E-state index contributed by atoms with van der Waals surface area (Å²) in [6.07, 6.45) is 1.53. The molecule has 4 aromatic carbocycles. The van der Waals surface area contributed by atoms with E-state index in [1.807, 2.05) is 42.5 Å². The van der Waals surface area contributed by atoms with Crippen LogP contribution in [0.15, 0.2) is 99.7 Å². The lowest BCUT2D eigenvalue weighted by Gasteiger charge is -2.08. The summed E-state index contributed by atoms with van der Waals surface area (Å²) in [7, 11) is 1.60. The highest BCUT2D eigenvalue weighted by Gasteiger charge is 2.14. The second-order valence-corrected chi connectivity index (χ2v) is 10.2. The topological polar surface area (TPSA) is 149 Å². The molecule has 0 aliphatic heterocycles. The zero-order chi connectivity index (χ0) is 30.3. The maximum absolute atomic E-state index is 12.6. The van der Waals surface area contributed by atoms with Crippen LogP contribution in [0.3, 0.4) is 0 Å². The molecule has 2 N–H and O–H groups in total. The number of para-hydroxylation sites is 2. The van der Waals surface area contributed by atoms with E-state index < -0.39 is 16.7 Å². The lowest BCUT2D eigenvalue weighted by Crippen LogP contribution is -2.18. The van der Waals surface area contributed by atoms with Crippen LogP contribution in [0.25, 0.3) is 11.1 Å². The van der Waals surface area contributed by atoms with E-state index in [0.717, 1.165) is 22.2 Å². The van der Waals surface area contributed by atoms with Gasteiger partial charge < -0.3 is 14.5 Å². The van der Waals surface area contributed by atoms with Crippen molar-refractivity contribution in [1.82, 2.24) is 10.4 Å². The predicted molar refractivity (Wildman–Crippen MR) is 164 cm³/mol. The van der Waals surface area contributed by atoms with Crippen molar-refractivity contribution in [3.63, 3.8) is 0 Å². The first-order valence-corrected chi connectivity index (χ1v) is 13.9. The Hall–Kier alpha value is -5.49. The molecule has 0 unspecified atom stereocenters. The molecule has 0 fully saturated rings. The number of fused-ring (bicyclic) bond motifs is 1. The number of rotatable bonds is 10. The Morgan fingerprint density at radius 2 is 1.79 bits per heavy atom. The molecule has 11 nitrogen and oxygen atoms in total. The lowest BCUT2D eigenvalue weighted by molar-refractivity contribution is -0.385. The first-order valence-electron chi connectivity index (χ1n) is 13.0. The van der Waals surface area contributed by atoms with Crippen molar-refractivity contribution < 1.29 is 23.7 Å². The minimum absolute atomic E-state index is 0.0579. The normalized spacial score (nSPS) is 11.0. The predicted octanol–water partition coefficient (Wildman–Crippen LogP) is 6.36. The van der Waals surface area contributed by atoms with Gasteiger partial charge >= 0.3 is 0 Å². The van der Waals surface area contributed by atoms with Gasteiger partial charge in [0.05, 0.1) is 18.2 Å². The number of anilines is 1. The summed E-state index contributed by atoms with van der Waals surface area (Å²) in [5.74, 6) is 0.406. The van der Waals surface area contributed by atoms with Gasteiger partial charge in [0.15, 0.2) is 5.58 Å². The molecule has 1 heterocycles. The van der Waals surface area contributed by atoms with Crippen LogP contribution in [0.5, 0.6) is 5.75 Å². The SMILES string of the molecule is COc1ccc(/C=N/NC(=O)c2ccc(NC(=O)c3ccc([N+](=O)[O-])c(C)c3)cc2)cc1CSc1nc2ccccc2o1. The van der Waals surface area contributed by atoms with Gasteiger partial charge in [0, 0.05) is 39.8 Å². The molecule has 0 bridgehead atoms. The summed E-state index contributed by atoms with van der Waals surface area (Å²) in [6, 6.07) is 23.5. The van der Waals surface area contributed by atoms with Crippen LogP contribution in [-0.2, 0) is 5.75 Å². The smallest absolute Gasteiger partial charge is 0.272 e. The molecule has 5 aromatic rings. The number of nitrogens with one attached hydrogen (secondary N) is 2. The van der Waals surface area contributed by atoms with Crippen LogP contribution < -0.4 is 15.5 Å². The lowest BCUT2D eigenvalue weighted by atomic mass is 10.1. The van der Waals surface area contributed by atoms with Crippen molar-refractivity contribution in [2.24, 2.45) is 5.10 Å². The van der Waals surface area contributed by atoms with Gasteiger partial charge in [0.25, 0.3) is 22.7 Å². The fourth-order valence-corrected chi connectivity index (χ4v) is 5.00. The van der Waals surface area contributed by atoms with Gasteiger partial charge in [-0.2, -0.15) is 5.10 Å². The van der Waals surface area contributed by atoms with Crippen molar-refractivity contribution >= 4 is 52.3 Å². The number of hydrogen-bond acceptors (Lipinski definition) is 9. The largest absolute Gasteiger partial charge is 0.496 e. The number of nitrogens with zero attached hydrogens (tertiary/aromatic N) is 3. The zero-order valence-electron chi connectivity index (χ0n) is 23.1. The standard InChI is InChI=1S/C31H25N5O6S/c1-19-15-22(10-13-26(19)36(39)40)29(37)33-24-11-8-21(9-12-24)30(38)35-32-17-20-7-14-27(41-2)23(16-20)18-43-31-34-25-5-3-4-6-28(25)42-31/h3-17H,18H2,1-2H3,(H,33,37)(H,35,38)/b32-17+. The third-order valence-electron chi connectivity index (χ3n) is 6.37. The maximum atomic E-state index is 12.6. The number of nitro benzene ring substituents is 1. The fraction of sp³-hybridized carbons (Fsp3) is 0.0968. The minimum atomic E-state index is -0.498. The highest BCUT2D eigenvalue weighted by Crippen LogP contribution is 2.30. The second kappa shape index (κ2) is 13.0. The number of carbonyl (C=O) groups excluding carboxylic acids is 2.